The van der Waals surface area contributed by atoms with Crippen molar-refractivity contribution in [2.75, 3.05) is 33.4 Å². The van der Waals surface area contributed by atoms with Gasteiger partial charge in [-0.2, -0.15) is 0 Å². The molecule has 17 heavy (non-hydrogen) atoms. The van der Waals surface area contributed by atoms with Gasteiger partial charge in [-0.05, 0) is 32.7 Å². The van der Waals surface area contributed by atoms with Gasteiger partial charge in [-0.25, -0.2) is 0 Å². The van der Waals surface area contributed by atoms with E-state index in [-0.39, 0.29) is 6.61 Å². The summed E-state index contributed by atoms with van der Waals surface area (Å²) in [5.41, 5.74) is 0. The van der Waals surface area contributed by atoms with Crippen molar-refractivity contribution < 1.29 is 14.6 Å². The SMILES string of the molecule is COCC(NCC1CCN(C(C)C)C1)C(=O)O. The van der Waals surface area contributed by atoms with Crippen LogP contribution in [0.3, 0.4) is 0 Å². The van der Waals surface area contributed by atoms with E-state index in [1.54, 1.807) is 0 Å². The number of carboxylic acid groups (broad SMARTS) is 1. The van der Waals surface area contributed by atoms with Crippen molar-refractivity contribution in [3.05, 3.63) is 0 Å². The topological polar surface area (TPSA) is 61.8 Å². The summed E-state index contributed by atoms with van der Waals surface area (Å²) in [5, 5.41) is 12.0. The molecule has 2 unspecified atom stereocenters. The van der Waals surface area contributed by atoms with Gasteiger partial charge in [-0.3, -0.25) is 4.79 Å². The van der Waals surface area contributed by atoms with Gasteiger partial charge in [0.2, 0.25) is 0 Å². The molecule has 1 aliphatic rings. The number of rotatable bonds is 7. The van der Waals surface area contributed by atoms with Crippen LogP contribution in [0, 0.1) is 5.92 Å². The van der Waals surface area contributed by atoms with E-state index >= 15 is 0 Å². The van der Waals surface area contributed by atoms with Crippen molar-refractivity contribution in [2.45, 2.75) is 32.4 Å². The lowest BCUT2D eigenvalue weighted by Gasteiger charge is -2.21. The maximum atomic E-state index is 10.9. The van der Waals surface area contributed by atoms with Crippen molar-refractivity contribution in [3.8, 4) is 0 Å². The Hall–Kier alpha value is -0.650. The molecule has 0 radical (unpaired) electrons. The Labute approximate surface area is 103 Å². The molecule has 2 N–H and O–H groups in total. The van der Waals surface area contributed by atoms with Crippen LogP contribution in [-0.2, 0) is 9.53 Å². The minimum absolute atomic E-state index is 0.218. The molecule has 0 aliphatic carbocycles. The predicted molar refractivity (Wildman–Crippen MR) is 66.1 cm³/mol. The summed E-state index contributed by atoms with van der Waals surface area (Å²) in [5.74, 6) is -0.290. The smallest absolute Gasteiger partial charge is 0.323 e. The zero-order valence-corrected chi connectivity index (χ0v) is 11.0. The molecule has 1 saturated heterocycles. The molecule has 0 spiro atoms. The van der Waals surface area contributed by atoms with Gasteiger partial charge >= 0.3 is 5.97 Å². The summed E-state index contributed by atoms with van der Waals surface area (Å²) in [6, 6.07) is -0.0117. The van der Waals surface area contributed by atoms with Crippen LogP contribution in [0.1, 0.15) is 20.3 Å². The Bertz CT molecular complexity index is 246. The molecular weight excluding hydrogens is 220 g/mol. The summed E-state index contributed by atoms with van der Waals surface area (Å²) in [4.78, 5) is 13.3. The van der Waals surface area contributed by atoms with E-state index in [0.717, 1.165) is 26.1 Å². The fraction of sp³-hybridized carbons (Fsp3) is 0.917. The Balaban J connectivity index is 2.28. The van der Waals surface area contributed by atoms with Gasteiger partial charge in [0.05, 0.1) is 6.61 Å². The average molecular weight is 244 g/mol. The lowest BCUT2D eigenvalue weighted by molar-refractivity contribution is -0.140. The van der Waals surface area contributed by atoms with Crippen molar-refractivity contribution in [1.29, 1.82) is 0 Å². The number of aliphatic carboxylic acids is 1. The normalized spacial score (nSPS) is 23.2. The molecular formula is C12H24N2O3. The summed E-state index contributed by atoms with van der Waals surface area (Å²) in [7, 11) is 1.52. The second-order valence-corrected chi connectivity index (χ2v) is 5.00. The number of nitrogens with zero attached hydrogens (tertiary/aromatic N) is 1. The van der Waals surface area contributed by atoms with E-state index < -0.39 is 12.0 Å². The third kappa shape index (κ3) is 4.61. The molecule has 0 amide bonds. The molecule has 5 nitrogen and oxygen atoms in total. The van der Waals surface area contributed by atoms with Crippen LogP contribution in [-0.4, -0.2) is 61.4 Å². The number of ether oxygens (including phenoxy) is 1. The highest BCUT2D eigenvalue weighted by Crippen LogP contribution is 2.17. The molecule has 0 aromatic heterocycles. The zero-order valence-electron chi connectivity index (χ0n) is 11.0. The lowest BCUT2D eigenvalue weighted by atomic mass is 10.1. The van der Waals surface area contributed by atoms with E-state index in [4.69, 9.17) is 9.84 Å². The third-order valence-corrected chi connectivity index (χ3v) is 3.33. The maximum Gasteiger partial charge on any atom is 0.323 e. The van der Waals surface area contributed by atoms with Crippen LogP contribution < -0.4 is 5.32 Å². The second kappa shape index (κ2) is 6.93. The zero-order chi connectivity index (χ0) is 12.8. The van der Waals surface area contributed by atoms with Crippen LogP contribution in [0.2, 0.25) is 0 Å². The molecule has 1 fully saturated rings. The Morgan fingerprint density at radius 3 is 2.76 bits per heavy atom. The highest BCUT2D eigenvalue weighted by atomic mass is 16.5. The highest BCUT2D eigenvalue weighted by molar-refractivity contribution is 5.73. The number of nitrogens with one attached hydrogen (secondary N) is 1. The van der Waals surface area contributed by atoms with Crippen molar-refractivity contribution in [1.82, 2.24) is 10.2 Å². The van der Waals surface area contributed by atoms with Gasteiger partial charge in [-0.15, -0.1) is 0 Å². The number of likely N-dealkylation sites (tertiary alicyclic amines) is 1. The van der Waals surface area contributed by atoms with Gasteiger partial charge < -0.3 is 20.1 Å². The molecule has 5 heteroatoms. The number of carboxylic acids is 1. The van der Waals surface area contributed by atoms with Gasteiger partial charge in [-0.1, -0.05) is 0 Å². The third-order valence-electron chi connectivity index (χ3n) is 3.33. The van der Waals surface area contributed by atoms with E-state index in [0.29, 0.717) is 12.0 Å². The summed E-state index contributed by atoms with van der Waals surface area (Å²) < 4.78 is 4.89. The first-order valence-electron chi connectivity index (χ1n) is 6.23. The minimum Gasteiger partial charge on any atom is -0.480 e. The first kappa shape index (κ1) is 14.4. The summed E-state index contributed by atoms with van der Waals surface area (Å²) in [6.07, 6.45) is 1.14. The van der Waals surface area contributed by atoms with Gasteiger partial charge in [0.15, 0.2) is 0 Å². The van der Waals surface area contributed by atoms with Crippen LogP contribution in [0.25, 0.3) is 0 Å². The quantitative estimate of drug-likeness (QED) is 0.679. The maximum absolute atomic E-state index is 10.9. The first-order valence-corrected chi connectivity index (χ1v) is 6.23. The molecule has 1 aliphatic heterocycles. The van der Waals surface area contributed by atoms with Crippen LogP contribution in [0.5, 0.6) is 0 Å². The Kier molecular flexibility index (Phi) is 5.88. The number of methoxy groups -OCH3 is 1. The average Bonchev–Trinajstić information content (AvgIpc) is 2.72. The van der Waals surface area contributed by atoms with Crippen molar-refractivity contribution in [2.24, 2.45) is 5.92 Å². The van der Waals surface area contributed by atoms with Crippen LogP contribution >= 0.6 is 0 Å². The van der Waals surface area contributed by atoms with Gasteiger partial charge in [0.25, 0.3) is 0 Å². The Morgan fingerprint density at radius 2 is 2.29 bits per heavy atom. The van der Waals surface area contributed by atoms with E-state index in [1.807, 2.05) is 0 Å². The summed E-state index contributed by atoms with van der Waals surface area (Å²) >= 11 is 0. The molecule has 0 aromatic carbocycles. The van der Waals surface area contributed by atoms with Crippen LogP contribution in [0.4, 0.5) is 0 Å². The fourth-order valence-electron chi connectivity index (χ4n) is 2.19. The molecule has 0 aromatic rings. The molecule has 1 heterocycles. The number of hydrogen-bond acceptors (Lipinski definition) is 4. The van der Waals surface area contributed by atoms with Crippen LogP contribution in [0.15, 0.2) is 0 Å². The molecule has 100 valence electrons. The number of carbonyl (C=O) groups is 1. The standard InChI is InChI=1S/C12H24N2O3/c1-9(2)14-5-4-10(7-14)6-13-11(8-17-3)12(15)16/h9-11,13H,4-8H2,1-3H3,(H,15,16). The highest BCUT2D eigenvalue weighted by Gasteiger charge is 2.25. The van der Waals surface area contributed by atoms with Crippen molar-refractivity contribution in [3.63, 3.8) is 0 Å². The van der Waals surface area contributed by atoms with Crippen molar-refractivity contribution >= 4 is 5.97 Å². The number of hydrogen-bond donors (Lipinski definition) is 2. The van der Waals surface area contributed by atoms with E-state index in [2.05, 4.69) is 24.1 Å². The largest absolute Gasteiger partial charge is 0.480 e. The summed E-state index contributed by atoms with van der Waals surface area (Å²) in [6.45, 7) is 7.54. The lowest BCUT2D eigenvalue weighted by Crippen LogP contribution is -2.43. The van der Waals surface area contributed by atoms with Gasteiger partial charge in [0.1, 0.15) is 6.04 Å². The van der Waals surface area contributed by atoms with E-state index in [1.165, 1.54) is 7.11 Å². The van der Waals surface area contributed by atoms with Gasteiger partial charge in [0, 0.05) is 26.2 Å². The molecule has 2 atom stereocenters. The monoisotopic (exact) mass is 244 g/mol. The fourth-order valence-corrected chi connectivity index (χ4v) is 2.19. The predicted octanol–water partition coefficient (Wildman–Crippen LogP) is 0.406. The molecule has 1 rings (SSSR count). The minimum atomic E-state index is -0.842. The molecule has 0 bridgehead atoms. The molecule has 0 saturated carbocycles. The van der Waals surface area contributed by atoms with E-state index in [9.17, 15) is 4.79 Å². The second-order valence-electron chi connectivity index (χ2n) is 5.00. The Morgan fingerprint density at radius 1 is 1.59 bits per heavy atom. The first-order chi connectivity index (χ1) is 8.04.